The van der Waals surface area contributed by atoms with Crippen LogP contribution in [0.1, 0.15) is 11.5 Å². The van der Waals surface area contributed by atoms with Crippen LogP contribution in [-0.4, -0.2) is 29.9 Å². The molecule has 2 rings (SSSR count). The normalized spacial score (nSPS) is 10.8. The summed E-state index contributed by atoms with van der Waals surface area (Å²) in [6.45, 7) is 3.68. The fourth-order valence-corrected chi connectivity index (χ4v) is 1.87. The maximum absolute atomic E-state index is 5.26. The Kier molecular flexibility index (Phi) is 5.09. The number of hydroxylamine groups is 1. The van der Waals surface area contributed by atoms with Gasteiger partial charge in [-0.25, -0.2) is 4.98 Å². The van der Waals surface area contributed by atoms with Crippen LogP contribution in [0.4, 0.5) is 0 Å². The van der Waals surface area contributed by atoms with Crippen molar-refractivity contribution in [3.63, 3.8) is 0 Å². The Morgan fingerprint density at radius 1 is 1.21 bits per heavy atom. The lowest BCUT2D eigenvalue weighted by molar-refractivity contribution is 0.00280. The molecule has 0 bridgehead atoms. The third-order valence-corrected chi connectivity index (χ3v) is 2.77. The number of hydrogen-bond acceptors (Lipinski definition) is 4. The molecule has 0 unspecified atom stereocenters. The van der Waals surface area contributed by atoms with Crippen molar-refractivity contribution in [3.05, 3.63) is 48.0 Å². The summed E-state index contributed by atoms with van der Waals surface area (Å²) >= 11 is 0. The van der Waals surface area contributed by atoms with E-state index in [1.54, 1.807) is 7.11 Å². The Bertz CT molecular complexity index is 497. The fourth-order valence-electron chi connectivity index (χ4n) is 1.87. The molecule has 1 N–H and O–H groups in total. The second-order valence-corrected chi connectivity index (χ2v) is 4.13. The quantitative estimate of drug-likeness (QED) is 0.610. The van der Waals surface area contributed by atoms with Crippen LogP contribution in [0.15, 0.2) is 36.5 Å². The summed E-state index contributed by atoms with van der Waals surface area (Å²) < 4.78 is 7.01. The first-order valence-electron chi connectivity index (χ1n) is 6.25. The number of methoxy groups -OCH3 is 1. The standard InChI is InChI=1S/C14H19N3O2/c1-12-15-10-14(11-16-19-9-8-18-2)17(12)13-6-4-3-5-7-13/h3-7,10,16H,8-9,11H2,1-2H3. The van der Waals surface area contributed by atoms with Gasteiger partial charge in [0.15, 0.2) is 0 Å². The number of nitrogens with zero attached hydrogens (tertiary/aromatic N) is 2. The Hall–Kier alpha value is -1.69. The van der Waals surface area contributed by atoms with E-state index in [4.69, 9.17) is 9.57 Å². The van der Waals surface area contributed by atoms with E-state index in [1.807, 2.05) is 31.3 Å². The average molecular weight is 261 g/mol. The maximum atomic E-state index is 5.26. The lowest BCUT2D eigenvalue weighted by Crippen LogP contribution is -2.19. The summed E-state index contributed by atoms with van der Waals surface area (Å²) in [6.07, 6.45) is 1.86. The molecule has 0 aliphatic carbocycles. The van der Waals surface area contributed by atoms with Gasteiger partial charge in [-0.05, 0) is 19.1 Å². The fraction of sp³-hybridized carbons (Fsp3) is 0.357. The van der Waals surface area contributed by atoms with E-state index >= 15 is 0 Å². The van der Waals surface area contributed by atoms with Crippen LogP contribution in [-0.2, 0) is 16.1 Å². The summed E-state index contributed by atoms with van der Waals surface area (Å²) in [5.41, 5.74) is 5.08. The van der Waals surface area contributed by atoms with Crippen molar-refractivity contribution < 1.29 is 9.57 Å². The van der Waals surface area contributed by atoms with E-state index < -0.39 is 0 Å². The van der Waals surface area contributed by atoms with E-state index in [0.717, 1.165) is 17.2 Å². The molecule has 0 aliphatic heterocycles. The van der Waals surface area contributed by atoms with Crippen molar-refractivity contribution in [2.24, 2.45) is 0 Å². The molecule has 0 fully saturated rings. The van der Waals surface area contributed by atoms with Crippen LogP contribution >= 0.6 is 0 Å². The zero-order chi connectivity index (χ0) is 13.5. The van der Waals surface area contributed by atoms with E-state index in [2.05, 4.69) is 27.2 Å². The van der Waals surface area contributed by atoms with E-state index in [1.165, 1.54) is 0 Å². The number of para-hydroxylation sites is 1. The topological polar surface area (TPSA) is 48.3 Å². The molecule has 1 heterocycles. The van der Waals surface area contributed by atoms with E-state index in [0.29, 0.717) is 19.8 Å². The number of hydrogen-bond donors (Lipinski definition) is 1. The number of rotatable bonds is 7. The third-order valence-electron chi connectivity index (χ3n) is 2.77. The number of benzene rings is 1. The summed E-state index contributed by atoms with van der Waals surface area (Å²) in [4.78, 5) is 9.61. The van der Waals surface area contributed by atoms with E-state index in [-0.39, 0.29) is 0 Å². The summed E-state index contributed by atoms with van der Waals surface area (Å²) in [6, 6.07) is 10.2. The maximum Gasteiger partial charge on any atom is 0.110 e. The van der Waals surface area contributed by atoms with Gasteiger partial charge in [-0.15, -0.1) is 0 Å². The van der Waals surface area contributed by atoms with Gasteiger partial charge in [0.25, 0.3) is 0 Å². The van der Waals surface area contributed by atoms with Gasteiger partial charge in [-0.2, -0.15) is 5.48 Å². The monoisotopic (exact) mass is 261 g/mol. The number of aromatic nitrogens is 2. The van der Waals surface area contributed by atoms with Gasteiger partial charge < -0.3 is 4.74 Å². The first-order chi connectivity index (χ1) is 9.33. The highest BCUT2D eigenvalue weighted by Gasteiger charge is 2.07. The van der Waals surface area contributed by atoms with Crippen LogP contribution in [0.25, 0.3) is 5.69 Å². The number of aryl methyl sites for hydroxylation is 1. The molecule has 0 atom stereocenters. The van der Waals surface area contributed by atoms with Gasteiger partial charge in [-0.3, -0.25) is 9.40 Å². The van der Waals surface area contributed by atoms with Gasteiger partial charge in [0.1, 0.15) is 5.82 Å². The molecule has 0 saturated heterocycles. The molecule has 2 aromatic rings. The SMILES string of the molecule is COCCONCc1cnc(C)n1-c1ccccc1. The highest BCUT2D eigenvalue weighted by Crippen LogP contribution is 2.14. The van der Waals surface area contributed by atoms with Crippen molar-refractivity contribution >= 4 is 0 Å². The Morgan fingerprint density at radius 2 is 2.00 bits per heavy atom. The Labute approximate surface area is 113 Å². The smallest absolute Gasteiger partial charge is 0.110 e. The summed E-state index contributed by atoms with van der Waals surface area (Å²) in [5, 5.41) is 0. The number of imidazole rings is 1. The van der Waals surface area contributed by atoms with Crippen molar-refractivity contribution in [1.29, 1.82) is 0 Å². The minimum atomic E-state index is 0.523. The van der Waals surface area contributed by atoms with Crippen molar-refractivity contribution in [3.8, 4) is 5.69 Å². The van der Waals surface area contributed by atoms with Gasteiger partial charge in [0.05, 0.1) is 31.6 Å². The third kappa shape index (κ3) is 3.64. The predicted molar refractivity (Wildman–Crippen MR) is 73.0 cm³/mol. The first-order valence-corrected chi connectivity index (χ1v) is 6.25. The molecule has 19 heavy (non-hydrogen) atoms. The van der Waals surface area contributed by atoms with Crippen LogP contribution in [0.5, 0.6) is 0 Å². The van der Waals surface area contributed by atoms with Crippen molar-refractivity contribution in [2.45, 2.75) is 13.5 Å². The highest BCUT2D eigenvalue weighted by atomic mass is 16.7. The molecule has 1 aromatic heterocycles. The molecular weight excluding hydrogens is 242 g/mol. The molecular formula is C14H19N3O2. The Morgan fingerprint density at radius 3 is 2.74 bits per heavy atom. The lowest BCUT2D eigenvalue weighted by atomic mass is 10.3. The van der Waals surface area contributed by atoms with Gasteiger partial charge >= 0.3 is 0 Å². The van der Waals surface area contributed by atoms with E-state index in [9.17, 15) is 0 Å². The molecule has 102 valence electrons. The van der Waals surface area contributed by atoms with Crippen LogP contribution < -0.4 is 5.48 Å². The molecule has 0 saturated carbocycles. The zero-order valence-corrected chi connectivity index (χ0v) is 11.3. The minimum absolute atomic E-state index is 0.523. The lowest BCUT2D eigenvalue weighted by Gasteiger charge is -2.11. The first kappa shape index (κ1) is 13.7. The molecule has 0 amide bonds. The largest absolute Gasteiger partial charge is 0.382 e. The van der Waals surface area contributed by atoms with Gasteiger partial charge in [-0.1, -0.05) is 18.2 Å². The molecule has 5 nitrogen and oxygen atoms in total. The molecule has 1 aromatic carbocycles. The molecule has 0 radical (unpaired) electrons. The predicted octanol–water partition coefficient (Wildman–Crippen LogP) is 1.85. The van der Waals surface area contributed by atoms with Gasteiger partial charge in [0, 0.05) is 12.8 Å². The Balaban J connectivity index is 2.02. The average Bonchev–Trinajstić information content (AvgIpc) is 2.81. The molecule has 0 aliphatic rings. The number of ether oxygens (including phenoxy) is 1. The summed E-state index contributed by atoms with van der Waals surface area (Å²) in [7, 11) is 1.65. The highest BCUT2D eigenvalue weighted by molar-refractivity contribution is 5.35. The molecule has 0 spiro atoms. The summed E-state index contributed by atoms with van der Waals surface area (Å²) in [5.74, 6) is 0.958. The molecule has 5 heteroatoms. The van der Waals surface area contributed by atoms with Crippen molar-refractivity contribution in [1.82, 2.24) is 15.0 Å². The number of nitrogens with one attached hydrogen (secondary N) is 1. The van der Waals surface area contributed by atoms with Crippen LogP contribution in [0.3, 0.4) is 0 Å². The van der Waals surface area contributed by atoms with Crippen molar-refractivity contribution in [2.75, 3.05) is 20.3 Å². The minimum Gasteiger partial charge on any atom is -0.382 e. The van der Waals surface area contributed by atoms with Crippen LogP contribution in [0, 0.1) is 6.92 Å². The zero-order valence-electron chi connectivity index (χ0n) is 11.3. The second kappa shape index (κ2) is 7.04. The van der Waals surface area contributed by atoms with Crippen LogP contribution in [0.2, 0.25) is 0 Å². The van der Waals surface area contributed by atoms with Gasteiger partial charge in [0.2, 0.25) is 0 Å². The second-order valence-electron chi connectivity index (χ2n) is 4.13.